The normalized spacial score (nSPS) is 19.2. The van der Waals surface area contributed by atoms with Gasteiger partial charge in [-0.1, -0.05) is 6.07 Å². The fraction of sp³-hybridized carbons (Fsp3) is 0.667. The molecule has 1 N–H and O–H groups in total. The molecule has 2 fully saturated rings. The number of halogens is 3. The van der Waals surface area contributed by atoms with Gasteiger partial charge in [0.2, 0.25) is 5.91 Å². The summed E-state index contributed by atoms with van der Waals surface area (Å²) in [6.45, 7) is 10.9. The zero-order valence-electron chi connectivity index (χ0n) is 15.9. The van der Waals surface area contributed by atoms with E-state index in [1.54, 1.807) is 0 Å². The van der Waals surface area contributed by atoms with Gasteiger partial charge in [0, 0.05) is 83.8 Å². The van der Waals surface area contributed by atoms with E-state index >= 15 is 0 Å². The van der Waals surface area contributed by atoms with Gasteiger partial charge < -0.3 is 15.1 Å². The summed E-state index contributed by atoms with van der Waals surface area (Å²) >= 11 is 0. The van der Waals surface area contributed by atoms with Gasteiger partial charge in [-0.3, -0.25) is 14.7 Å². The SMILES string of the molecule is CC(c1cccnc1)N1CCN(CCC(=O)N2CCNCC2)CC1.Cl.Cl.Cl. The lowest BCUT2D eigenvalue weighted by molar-refractivity contribution is -0.132. The Kier molecular flexibility index (Phi) is 13.2. The molecule has 0 aliphatic carbocycles. The van der Waals surface area contributed by atoms with Crippen LogP contribution in [0.3, 0.4) is 0 Å². The average molecular weight is 441 g/mol. The summed E-state index contributed by atoms with van der Waals surface area (Å²) in [6.07, 6.45) is 4.44. The van der Waals surface area contributed by atoms with E-state index in [0.717, 1.165) is 58.9 Å². The molecule has 1 atom stereocenters. The highest BCUT2D eigenvalue weighted by atomic mass is 35.5. The summed E-state index contributed by atoms with van der Waals surface area (Å²) in [6, 6.07) is 4.56. The van der Waals surface area contributed by atoms with Gasteiger partial charge in [-0.2, -0.15) is 0 Å². The van der Waals surface area contributed by atoms with Crippen LogP contribution in [0.15, 0.2) is 24.5 Å². The average Bonchev–Trinajstić information content (AvgIpc) is 2.67. The molecule has 156 valence electrons. The highest BCUT2D eigenvalue weighted by Crippen LogP contribution is 2.20. The molecule has 2 aliphatic heterocycles. The Balaban J connectivity index is 0.00000225. The molecule has 6 nitrogen and oxygen atoms in total. The maximum absolute atomic E-state index is 12.3. The predicted octanol–water partition coefficient (Wildman–Crippen LogP) is 1.85. The minimum absolute atomic E-state index is 0. The number of nitrogens with zero attached hydrogens (tertiary/aromatic N) is 4. The Morgan fingerprint density at radius 1 is 1.11 bits per heavy atom. The molecule has 1 amide bonds. The molecule has 0 spiro atoms. The van der Waals surface area contributed by atoms with E-state index in [2.05, 4.69) is 33.1 Å². The molecule has 1 unspecified atom stereocenters. The topological polar surface area (TPSA) is 51.7 Å². The predicted molar refractivity (Wildman–Crippen MR) is 116 cm³/mol. The van der Waals surface area contributed by atoms with E-state index in [9.17, 15) is 4.79 Å². The van der Waals surface area contributed by atoms with Crippen molar-refractivity contribution in [2.45, 2.75) is 19.4 Å². The lowest BCUT2D eigenvalue weighted by atomic mass is 10.1. The van der Waals surface area contributed by atoms with Crippen LogP contribution in [0.4, 0.5) is 0 Å². The number of hydrogen-bond donors (Lipinski definition) is 1. The maximum Gasteiger partial charge on any atom is 0.223 e. The third kappa shape index (κ3) is 7.72. The van der Waals surface area contributed by atoms with Crippen molar-refractivity contribution in [2.75, 3.05) is 58.9 Å². The molecule has 3 heterocycles. The molecule has 2 saturated heterocycles. The van der Waals surface area contributed by atoms with Crippen LogP contribution in [0.25, 0.3) is 0 Å². The van der Waals surface area contributed by atoms with Gasteiger partial charge in [-0.05, 0) is 18.6 Å². The number of piperazine rings is 2. The van der Waals surface area contributed by atoms with E-state index in [0.29, 0.717) is 18.4 Å². The molecule has 1 aromatic rings. The number of carbonyl (C=O) groups is 1. The van der Waals surface area contributed by atoms with Crippen molar-refractivity contribution in [1.82, 2.24) is 25.0 Å². The molecule has 9 heteroatoms. The van der Waals surface area contributed by atoms with Gasteiger partial charge in [0.05, 0.1) is 0 Å². The summed E-state index contributed by atoms with van der Waals surface area (Å²) in [4.78, 5) is 23.4. The minimum atomic E-state index is 0. The fourth-order valence-corrected chi connectivity index (χ4v) is 3.53. The molecule has 3 rings (SSSR count). The molecular weight excluding hydrogens is 409 g/mol. The fourth-order valence-electron chi connectivity index (χ4n) is 3.53. The van der Waals surface area contributed by atoms with Crippen molar-refractivity contribution in [2.24, 2.45) is 0 Å². The second kappa shape index (κ2) is 13.5. The summed E-state index contributed by atoms with van der Waals surface area (Å²) in [7, 11) is 0. The maximum atomic E-state index is 12.3. The number of hydrogen-bond acceptors (Lipinski definition) is 5. The zero-order valence-corrected chi connectivity index (χ0v) is 18.3. The molecule has 2 aliphatic rings. The zero-order chi connectivity index (χ0) is 16.8. The monoisotopic (exact) mass is 439 g/mol. The van der Waals surface area contributed by atoms with Crippen molar-refractivity contribution < 1.29 is 4.79 Å². The van der Waals surface area contributed by atoms with E-state index in [1.165, 1.54) is 5.56 Å². The number of rotatable bonds is 5. The van der Waals surface area contributed by atoms with Gasteiger partial charge in [0.25, 0.3) is 0 Å². The van der Waals surface area contributed by atoms with Gasteiger partial charge in [-0.15, -0.1) is 37.2 Å². The Bertz CT molecular complexity index is 523. The standard InChI is InChI=1S/C18H29N5O.3ClH/c1-16(17-3-2-5-20-15-17)22-13-11-21(12-14-22)8-4-18(24)23-9-6-19-7-10-23;;;/h2-3,5,15-16,19H,4,6-14H2,1H3;3*1H. The molecule has 0 aromatic carbocycles. The van der Waals surface area contributed by atoms with E-state index in [-0.39, 0.29) is 37.2 Å². The van der Waals surface area contributed by atoms with Gasteiger partial charge in [0.1, 0.15) is 0 Å². The smallest absolute Gasteiger partial charge is 0.223 e. The first-order valence-electron chi connectivity index (χ1n) is 9.09. The number of carbonyl (C=O) groups excluding carboxylic acids is 1. The number of amides is 1. The Hall–Kier alpha value is -0.630. The van der Waals surface area contributed by atoms with Gasteiger partial charge in [-0.25, -0.2) is 0 Å². The van der Waals surface area contributed by atoms with Crippen molar-refractivity contribution in [1.29, 1.82) is 0 Å². The third-order valence-corrected chi connectivity index (χ3v) is 5.23. The van der Waals surface area contributed by atoms with Crippen LogP contribution in [0.2, 0.25) is 0 Å². The molecule has 0 bridgehead atoms. The summed E-state index contributed by atoms with van der Waals surface area (Å²) in [5.74, 6) is 0.308. The lowest BCUT2D eigenvalue weighted by Gasteiger charge is -2.38. The summed E-state index contributed by atoms with van der Waals surface area (Å²) in [5.41, 5.74) is 1.28. The van der Waals surface area contributed by atoms with E-state index < -0.39 is 0 Å². The molecule has 27 heavy (non-hydrogen) atoms. The van der Waals surface area contributed by atoms with Crippen LogP contribution in [0.5, 0.6) is 0 Å². The van der Waals surface area contributed by atoms with Crippen LogP contribution in [0.1, 0.15) is 24.9 Å². The first kappa shape index (κ1) is 26.4. The molecule has 0 saturated carbocycles. The Labute approximate surface area is 181 Å². The first-order valence-corrected chi connectivity index (χ1v) is 9.09. The Morgan fingerprint density at radius 2 is 1.78 bits per heavy atom. The second-order valence-corrected chi connectivity index (χ2v) is 6.72. The van der Waals surface area contributed by atoms with Crippen LogP contribution in [0, 0.1) is 0 Å². The van der Waals surface area contributed by atoms with Crippen LogP contribution in [-0.2, 0) is 4.79 Å². The highest BCUT2D eigenvalue weighted by molar-refractivity contribution is 5.86. The molecular formula is C18H32Cl3N5O. The van der Waals surface area contributed by atoms with Crippen molar-refractivity contribution in [3.8, 4) is 0 Å². The van der Waals surface area contributed by atoms with E-state index in [4.69, 9.17) is 0 Å². The van der Waals surface area contributed by atoms with Crippen molar-refractivity contribution in [3.63, 3.8) is 0 Å². The van der Waals surface area contributed by atoms with Crippen LogP contribution in [-0.4, -0.2) is 84.5 Å². The summed E-state index contributed by atoms with van der Waals surface area (Å²) in [5, 5.41) is 3.29. The second-order valence-electron chi connectivity index (χ2n) is 6.72. The largest absolute Gasteiger partial charge is 0.340 e. The quantitative estimate of drug-likeness (QED) is 0.757. The number of aromatic nitrogens is 1. The molecule has 1 aromatic heterocycles. The number of pyridine rings is 1. The molecule has 0 radical (unpaired) electrons. The Morgan fingerprint density at radius 3 is 2.37 bits per heavy atom. The third-order valence-electron chi connectivity index (χ3n) is 5.23. The van der Waals surface area contributed by atoms with Crippen molar-refractivity contribution >= 4 is 43.1 Å². The first-order chi connectivity index (χ1) is 11.7. The van der Waals surface area contributed by atoms with Crippen LogP contribution < -0.4 is 5.32 Å². The summed E-state index contributed by atoms with van der Waals surface area (Å²) < 4.78 is 0. The number of nitrogens with one attached hydrogen (secondary N) is 1. The van der Waals surface area contributed by atoms with Gasteiger partial charge >= 0.3 is 0 Å². The lowest BCUT2D eigenvalue weighted by Crippen LogP contribution is -2.49. The van der Waals surface area contributed by atoms with E-state index in [1.807, 2.05) is 23.4 Å². The van der Waals surface area contributed by atoms with Crippen molar-refractivity contribution in [3.05, 3.63) is 30.1 Å². The highest BCUT2D eigenvalue weighted by Gasteiger charge is 2.23. The van der Waals surface area contributed by atoms with Crippen LogP contribution >= 0.6 is 37.2 Å². The van der Waals surface area contributed by atoms with Gasteiger partial charge in [0.15, 0.2) is 0 Å². The minimum Gasteiger partial charge on any atom is -0.340 e.